The summed E-state index contributed by atoms with van der Waals surface area (Å²) in [5.74, 6) is 0.0506. The molecular formula is C15H22N2O2. The second-order valence-electron chi connectivity index (χ2n) is 4.89. The summed E-state index contributed by atoms with van der Waals surface area (Å²) >= 11 is 0. The minimum atomic E-state index is 0.0162. The highest BCUT2D eigenvalue weighted by atomic mass is 16.3. The average Bonchev–Trinajstić information content (AvgIpc) is 2.46. The van der Waals surface area contributed by atoms with Crippen molar-refractivity contribution in [3.63, 3.8) is 0 Å². The van der Waals surface area contributed by atoms with Gasteiger partial charge in [0.2, 0.25) is 0 Å². The van der Waals surface area contributed by atoms with Gasteiger partial charge in [-0.25, -0.2) is 0 Å². The molecule has 0 unspecified atom stereocenters. The summed E-state index contributed by atoms with van der Waals surface area (Å²) in [5.41, 5.74) is 3.20. The maximum absolute atomic E-state index is 12.6. The molecule has 4 nitrogen and oxygen atoms in total. The van der Waals surface area contributed by atoms with Gasteiger partial charge in [-0.05, 0) is 36.6 Å². The molecule has 104 valence electrons. The highest BCUT2D eigenvalue weighted by molar-refractivity contribution is 5.96. The molecule has 0 saturated carbocycles. The van der Waals surface area contributed by atoms with E-state index in [9.17, 15) is 4.79 Å². The summed E-state index contributed by atoms with van der Waals surface area (Å²) in [5, 5.41) is 12.4. The van der Waals surface area contributed by atoms with E-state index in [0.717, 1.165) is 31.5 Å². The standard InChI is InChI=1S/C15H22N2O2/c1-2-8-17(9-10-18)15(19)14-5-3-4-12-11-16-7-6-13(12)14/h3-5,16,18H,2,6-11H2,1H3. The van der Waals surface area contributed by atoms with Gasteiger partial charge in [0, 0.05) is 25.2 Å². The summed E-state index contributed by atoms with van der Waals surface area (Å²) in [6.07, 6.45) is 1.80. The van der Waals surface area contributed by atoms with E-state index in [4.69, 9.17) is 5.11 Å². The van der Waals surface area contributed by atoms with E-state index in [0.29, 0.717) is 13.1 Å². The molecule has 1 amide bonds. The zero-order valence-corrected chi connectivity index (χ0v) is 11.5. The van der Waals surface area contributed by atoms with E-state index in [2.05, 4.69) is 11.4 Å². The molecule has 1 aliphatic heterocycles. The Kier molecular flexibility index (Phi) is 4.93. The van der Waals surface area contributed by atoms with Gasteiger partial charge in [-0.3, -0.25) is 4.79 Å². The fourth-order valence-electron chi connectivity index (χ4n) is 2.61. The van der Waals surface area contributed by atoms with Crippen LogP contribution < -0.4 is 5.32 Å². The maximum atomic E-state index is 12.6. The highest BCUT2D eigenvalue weighted by Crippen LogP contribution is 2.20. The number of rotatable bonds is 5. The molecule has 0 atom stereocenters. The predicted octanol–water partition coefficient (Wildman–Crippen LogP) is 1.18. The fourth-order valence-corrected chi connectivity index (χ4v) is 2.61. The van der Waals surface area contributed by atoms with E-state index in [1.807, 2.05) is 19.1 Å². The Morgan fingerprint density at radius 1 is 1.42 bits per heavy atom. The summed E-state index contributed by atoms with van der Waals surface area (Å²) in [6.45, 7) is 4.93. The van der Waals surface area contributed by atoms with Crippen LogP contribution >= 0.6 is 0 Å². The molecule has 19 heavy (non-hydrogen) atoms. The molecule has 1 heterocycles. The first kappa shape index (κ1) is 14.0. The third-order valence-corrected chi connectivity index (χ3v) is 3.52. The second kappa shape index (κ2) is 6.68. The summed E-state index contributed by atoms with van der Waals surface area (Å²) in [7, 11) is 0. The molecule has 0 fully saturated rings. The Morgan fingerprint density at radius 2 is 2.26 bits per heavy atom. The van der Waals surface area contributed by atoms with Gasteiger partial charge in [0.25, 0.3) is 5.91 Å². The SMILES string of the molecule is CCCN(CCO)C(=O)c1cccc2c1CCNC2. The van der Waals surface area contributed by atoms with Crippen molar-refractivity contribution < 1.29 is 9.90 Å². The largest absolute Gasteiger partial charge is 0.395 e. The molecule has 1 aliphatic rings. The number of aliphatic hydroxyl groups excluding tert-OH is 1. The lowest BCUT2D eigenvalue weighted by Gasteiger charge is -2.25. The van der Waals surface area contributed by atoms with Crippen molar-refractivity contribution in [3.05, 3.63) is 34.9 Å². The van der Waals surface area contributed by atoms with Crippen LogP contribution in [0.1, 0.15) is 34.8 Å². The van der Waals surface area contributed by atoms with Gasteiger partial charge < -0.3 is 15.3 Å². The Bertz CT molecular complexity index is 440. The molecule has 4 heteroatoms. The lowest BCUT2D eigenvalue weighted by atomic mass is 9.94. The maximum Gasteiger partial charge on any atom is 0.254 e. The molecule has 1 aromatic carbocycles. The number of carbonyl (C=O) groups excluding carboxylic acids is 1. The number of fused-ring (bicyclic) bond motifs is 1. The van der Waals surface area contributed by atoms with E-state index in [1.165, 1.54) is 11.1 Å². The molecular weight excluding hydrogens is 240 g/mol. The normalized spacial score (nSPS) is 14.0. The zero-order valence-electron chi connectivity index (χ0n) is 11.5. The predicted molar refractivity (Wildman–Crippen MR) is 75.1 cm³/mol. The van der Waals surface area contributed by atoms with Crippen LogP contribution in [0.5, 0.6) is 0 Å². The fraction of sp³-hybridized carbons (Fsp3) is 0.533. The summed E-state index contributed by atoms with van der Waals surface area (Å²) < 4.78 is 0. The van der Waals surface area contributed by atoms with Crippen molar-refractivity contribution in [2.24, 2.45) is 0 Å². The Labute approximate surface area is 114 Å². The molecule has 2 rings (SSSR count). The van der Waals surface area contributed by atoms with Crippen molar-refractivity contribution >= 4 is 5.91 Å². The molecule has 0 aromatic heterocycles. The number of hydrogen-bond donors (Lipinski definition) is 2. The lowest BCUT2D eigenvalue weighted by molar-refractivity contribution is 0.0720. The van der Waals surface area contributed by atoms with Gasteiger partial charge in [0.1, 0.15) is 0 Å². The van der Waals surface area contributed by atoms with E-state index < -0.39 is 0 Å². The zero-order chi connectivity index (χ0) is 13.7. The molecule has 0 radical (unpaired) electrons. The smallest absolute Gasteiger partial charge is 0.254 e. The minimum Gasteiger partial charge on any atom is -0.395 e. The van der Waals surface area contributed by atoms with E-state index in [1.54, 1.807) is 4.90 Å². The molecule has 0 aliphatic carbocycles. The first-order valence-corrected chi connectivity index (χ1v) is 6.99. The van der Waals surface area contributed by atoms with Crippen molar-refractivity contribution in [1.82, 2.24) is 10.2 Å². The number of nitrogens with zero attached hydrogens (tertiary/aromatic N) is 1. The van der Waals surface area contributed by atoms with Gasteiger partial charge in [-0.1, -0.05) is 19.1 Å². The van der Waals surface area contributed by atoms with Crippen molar-refractivity contribution in [1.29, 1.82) is 0 Å². The second-order valence-corrected chi connectivity index (χ2v) is 4.89. The first-order valence-electron chi connectivity index (χ1n) is 6.99. The number of hydrogen-bond acceptors (Lipinski definition) is 3. The topological polar surface area (TPSA) is 52.6 Å². The van der Waals surface area contributed by atoms with Gasteiger partial charge >= 0.3 is 0 Å². The van der Waals surface area contributed by atoms with Crippen LogP contribution in [0.2, 0.25) is 0 Å². The third kappa shape index (κ3) is 3.14. The van der Waals surface area contributed by atoms with Crippen molar-refractivity contribution in [2.75, 3.05) is 26.2 Å². The highest BCUT2D eigenvalue weighted by Gasteiger charge is 2.21. The third-order valence-electron chi connectivity index (χ3n) is 3.52. The monoisotopic (exact) mass is 262 g/mol. The Balaban J connectivity index is 2.27. The van der Waals surface area contributed by atoms with Crippen LogP contribution in [0.4, 0.5) is 0 Å². The molecule has 0 spiro atoms. The minimum absolute atomic E-state index is 0.0162. The molecule has 1 aromatic rings. The molecule has 0 bridgehead atoms. The molecule has 0 saturated heterocycles. The van der Waals surface area contributed by atoms with Gasteiger partial charge in [-0.2, -0.15) is 0 Å². The number of amides is 1. The lowest BCUT2D eigenvalue weighted by Crippen LogP contribution is -2.36. The van der Waals surface area contributed by atoms with Gasteiger partial charge in [0.05, 0.1) is 6.61 Å². The van der Waals surface area contributed by atoms with Crippen LogP contribution in [-0.4, -0.2) is 42.2 Å². The average molecular weight is 262 g/mol. The van der Waals surface area contributed by atoms with Crippen molar-refractivity contribution in [3.8, 4) is 0 Å². The quantitative estimate of drug-likeness (QED) is 0.837. The first-order chi connectivity index (χ1) is 9.27. The number of carbonyl (C=O) groups is 1. The van der Waals surface area contributed by atoms with Crippen LogP contribution in [0.25, 0.3) is 0 Å². The Hall–Kier alpha value is -1.39. The van der Waals surface area contributed by atoms with Crippen LogP contribution in [-0.2, 0) is 13.0 Å². The van der Waals surface area contributed by atoms with Crippen LogP contribution in [0.3, 0.4) is 0 Å². The summed E-state index contributed by atoms with van der Waals surface area (Å²) in [6, 6.07) is 5.93. The van der Waals surface area contributed by atoms with Crippen molar-refractivity contribution in [2.45, 2.75) is 26.3 Å². The van der Waals surface area contributed by atoms with Gasteiger partial charge in [0.15, 0.2) is 0 Å². The van der Waals surface area contributed by atoms with E-state index >= 15 is 0 Å². The van der Waals surface area contributed by atoms with Gasteiger partial charge in [-0.15, -0.1) is 0 Å². The van der Waals surface area contributed by atoms with Crippen LogP contribution in [0, 0.1) is 0 Å². The number of aliphatic hydroxyl groups is 1. The van der Waals surface area contributed by atoms with Crippen LogP contribution in [0.15, 0.2) is 18.2 Å². The summed E-state index contributed by atoms with van der Waals surface area (Å²) in [4.78, 5) is 14.3. The number of benzene rings is 1. The van der Waals surface area contributed by atoms with E-state index in [-0.39, 0.29) is 12.5 Å². The Morgan fingerprint density at radius 3 is 3.00 bits per heavy atom. The molecule has 2 N–H and O–H groups in total. The number of nitrogens with one attached hydrogen (secondary N) is 1.